The Balaban J connectivity index is 1.96. The van der Waals surface area contributed by atoms with E-state index in [1.165, 1.54) is 6.08 Å². The molecule has 0 atom stereocenters. The number of aliphatic carboxylic acids is 1. The van der Waals surface area contributed by atoms with Gasteiger partial charge in [-0.25, -0.2) is 0 Å². The van der Waals surface area contributed by atoms with Crippen LogP contribution in [0.25, 0.3) is 6.08 Å². The van der Waals surface area contributed by atoms with Crippen LogP contribution in [0.3, 0.4) is 0 Å². The van der Waals surface area contributed by atoms with Crippen LogP contribution in [0.2, 0.25) is 0 Å². The maximum Gasteiger partial charge on any atom is 0.262 e. The third kappa shape index (κ3) is 4.79. The molecule has 0 unspecified atom stereocenters. The van der Waals surface area contributed by atoms with Gasteiger partial charge < -0.3 is 20.0 Å². The van der Waals surface area contributed by atoms with E-state index >= 15 is 0 Å². The fourth-order valence-electron chi connectivity index (χ4n) is 1.77. The Labute approximate surface area is 127 Å². The summed E-state index contributed by atoms with van der Waals surface area (Å²) < 4.78 is 5.43. The standard InChI is InChI=1S/C17H15NO4/c19-16(18-14-7-2-1-3-8-14)12-22-15-9-5-4-6-13(15)10-11-17(20)21/h1-11H,12H2,(H,18,19)(H,20,21)/p-1. The summed E-state index contributed by atoms with van der Waals surface area (Å²) in [6, 6.07) is 15.9. The van der Waals surface area contributed by atoms with Crippen molar-refractivity contribution in [2.75, 3.05) is 11.9 Å². The molecule has 1 N–H and O–H groups in total. The molecule has 0 saturated heterocycles. The van der Waals surface area contributed by atoms with E-state index in [1.54, 1.807) is 36.4 Å². The molecule has 1 amide bonds. The number of benzene rings is 2. The minimum Gasteiger partial charge on any atom is -0.545 e. The Morgan fingerprint density at radius 1 is 1.05 bits per heavy atom. The summed E-state index contributed by atoms with van der Waals surface area (Å²) in [7, 11) is 0. The van der Waals surface area contributed by atoms with Crippen LogP contribution in [0, 0.1) is 0 Å². The van der Waals surface area contributed by atoms with Crippen molar-refractivity contribution in [3.05, 3.63) is 66.2 Å². The first-order valence-corrected chi connectivity index (χ1v) is 6.61. The summed E-state index contributed by atoms with van der Waals surface area (Å²) in [4.78, 5) is 22.3. The third-order valence-electron chi connectivity index (χ3n) is 2.73. The second-order valence-corrected chi connectivity index (χ2v) is 4.39. The number of carboxylic acid groups (broad SMARTS) is 1. The molecule has 0 aromatic heterocycles. The van der Waals surface area contributed by atoms with E-state index in [-0.39, 0.29) is 12.5 Å². The van der Waals surface area contributed by atoms with Crippen LogP contribution in [-0.4, -0.2) is 18.5 Å². The van der Waals surface area contributed by atoms with E-state index in [9.17, 15) is 14.7 Å². The summed E-state index contributed by atoms with van der Waals surface area (Å²) in [5.74, 6) is -1.18. The quantitative estimate of drug-likeness (QED) is 0.819. The van der Waals surface area contributed by atoms with Crippen LogP contribution in [0.5, 0.6) is 5.75 Å². The zero-order chi connectivity index (χ0) is 15.8. The number of nitrogens with one attached hydrogen (secondary N) is 1. The van der Waals surface area contributed by atoms with Crippen molar-refractivity contribution in [2.45, 2.75) is 0 Å². The van der Waals surface area contributed by atoms with Crippen molar-refractivity contribution < 1.29 is 19.4 Å². The number of carboxylic acids is 1. The first-order valence-electron chi connectivity index (χ1n) is 6.61. The molecule has 2 rings (SSSR count). The largest absolute Gasteiger partial charge is 0.545 e. The zero-order valence-electron chi connectivity index (χ0n) is 11.7. The van der Waals surface area contributed by atoms with Gasteiger partial charge in [0.05, 0.1) is 5.97 Å². The van der Waals surface area contributed by atoms with Crippen LogP contribution >= 0.6 is 0 Å². The van der Waals surface area contributed by atoms with Gasteiger partial charge in [0, 0.05) is 11.3 Å². The lowest BCUT2D eigenvalue weighted by atomic mass is 10.2. The van der Waals surface area contributed by atoms with Crippen molar-refractivity contribution in [1.82, 2.24) is 0 Å². The second-order valence-electron chi connectivity index (χ2n) is 4.39. The maximum atomic E-state index is 11.8. The van der Waals surface area contributed by atoms with E-state index in [2.05, 4.69) is 5.32 Å². The molecule has 0 aliphatic heterocycles. The molecule has 0 bridgehead atoms. The van der Waals surface area contributed by atoms with Crippen LogP contribution in [0.4, 0.5) is 5.69 Å². The Morgan fingerprint density at radius 2 is 1.73 bits per heavy atom. The first kappa shape index (κ1) is 15.3. The number of carbonyl (C=O) groups is 2. The molecule has 0 aliphatic carbocycles. The van der Waals surface area contributed by atoms with Gasteiger partial charge in [0.25, 0.3) is 5.91 Å². The van der Waals surface area contributed by atoms with E-state index in [0.29, 0.717) is 17.0 Å². The maximum absolute atomic E-state index is 11.8. The Morgan fingerprint density at radius 3 is 2.45 bits per heavy atom. The highest BCUT2D eigenvalue weighted by Crippen LogP contribution is 2.19. The average molecular weight is 296 g/mol. The molecular formula is C17H14NO4-. The molecule has 2 aromatic rings. The predicted molar refractivity (Wildman–Crippen MR) is 81.0 cm³/mol. The molecule has 5 nitrogen and oxygen atoms in total. The predicted octanol–water partition coefficient (Wildman–Crippen LogP) is 1.47. The SMILES string of the molecule is O=C([O-])C=Cc1ccccc1OCC(=O)Nc1ccccc1. The molecule has 5 heteroatoms. The number of ether oxygens (including phenoxy) is 1. The Hall–Kier alpha value is -3.08. The number of para-hydroxylation sites is 2. The summed E-state index contributed by atoms with van der Waals surface area (Å²) in [5, 5.41) is 13.1. The second kappa shape index (κ2) is 7.64. The number of hydrogen-bond acceptors (Lipinski definition) is 4. The molecule has 0 radical (unpaired) electrons. The van der Waals surface area contributed by atoms with Crippen LogP contribution in [0.15, 0.2) is 60.7 Å². The third-order valence-corrected chi connectivity index (χ3v) is 2.73. The van der Waals surface area contributed by atoms with E-state index in [1.807, 2.05) is 18.2 Å². The lowest BCUT2D eigenvalue weighted by Crippen LogP contribution is -2.20. The number of amides is 1. The van der Waals surface area contributed by atoms with Gasteiger partial charge in [-0.05, 0) is 30.4 Å². The number of anilines is 1. The molecule has 0 saturated carbocycles. The van der Waals surface area contributed by atoms with Gasteiger partial charge in [0.1, 0.15) is 5.75 Å². The minimum atomic E-state index is -1.29. The molecule has 0 heterocycles. The summed E-state index contributed by atoms with van der Waals surface area (Å²) in [6.07, 6.45) is 2.27. The smallest absolute Gasteiger partial charge is 0.262 e. The molecule has 0 spiro atoms. The Bertz CT molecular complexity index is 680. The normalized spacial score (nSPS) is 10.4. The van der Waals surface area contributed by atoms with E-state index in [0.717, 1.165) is 6.08 Å². The minimum absolute atomic E-state index is 0.176. The summed E-state index contributed by atoms with van der Waals surface area (Å²) in [6.45, 7) is -0.176. The van der Waals surface area contributed by atoms with E-state index in [4.69, 9.17) is 4.74 Å². The highest BCUT2D eigenvalue weighted by Gasteiger charge is 2.05. The summed E-state index contributed by atoms with van der Waals surface area (Å²) in [5.41, 5.74) is 1.24. The average Bonchev–Trinajstić information content (AvgIpc) is 2.52. The molecule has 22 heavy (non-hydrogen) atoms. The fourth-order valence-corrected chi connectivity index (χ4v) is 1.77. The molecular weight excluding hydrogens is 282 g/mol. The topological polar surface area (TPSA) is 78.5 Å². The Kier molecular flexibility index (Phi) is 5.31. The zero-order valence-corrected chi connectivity index (χ0v) is 11.7. The monoisotopic (exact) mass is 296 g/mol. The number of hydrogen-bond donors (Lipinski definition) is 1. The van der Waals surface area contributed by atoms with Gasteiger partial charge in [-0.1, -0.05) is 36.4 Å². The van der Waals surface area contributed by atoms with Crippen LogP contribution in [0.1, 0.15) is 5.56 Å². The highest BCUT2D eigenvalue weighted by atomic mass is 16.5. The van der Waals surface area contributed by atoms with Gasteiger partial charge in [-0.2, -0.15) is 0 Å². The lowest BCUT2D eigenvalue weighted by molar-refractivity contribution is -0.297. The van der Waals surface area contributed by atoms with Crippen molar-refractivity contribution in [2.24, 2.45) is 0 Å². The van der Waals surface area contributed by atoms with Gasteiger partial charge in [0.2, 0.25) is 0 Å². The van der Waals surface area contributed by atoms with Crippen molar-refractivity contribution in [3.8, 4) is 5.75 Å². The molecule has 0 aliphatic rings. The van der Waals surface area contributed by atoms with E-state index < -0.39 is 5.97 Å². The number of carbonyl (C=O) groups excluding carboxylic acids is 2. The molecule has 0 fully saturated rings. The molecule has 112 valence electrons. The van der Waals surface area contributed by atoms with Crippen LogP contribution in [-0.2, 0) is 9.59 Å². The number of rotatable bonds is 6. The first-order chi connectivity index (χ1) is 10.6. The van der Waals surface area contributed by atoms with Crippen molar-refractivity contribution >= 4 is 23.6 Å². The van der Waals surface area contributed by atoms with Crippen molar-refractivity contribution in [3.63, 3.8) is 0 Å². The summed E-state index contributed by atoms with van der Waals surface area (Å²) >= 11 is 0. The lowest BCUT2D eigenvalue weighted by Gasteiger charge is -2.09. The highest BCUT2D eigenvalue weighted by molar-refractivity contribution is 5.92. The van der Waals surface area contributed by atoms with Gasteiger partial charge >= 0.3 is 0 Å². The van der Waals surface area contributed by atoms with Gasteiger partial charge in [0.15, 0.2) is 6.61 Å². The fraction of sp³-hybridized carbons (Fsp3) is 0.0588. The van der Waals surface area contributed by atoms with Gasteiger partial charge in [-0.3, -0.25) is 4.79 Å². The molecule has 2 aromatic carbocycles. The van der Waals surface area contributed by atoms with Crippen molar-refractivity contribution in [1.29, 1.82) is 0 Å². The van der Waals surface area contributed by atoms with Gasteiger partial charge in [-0.15, -0.1) is 0 Å². The van der Waals surface area contributed by atoms with Crippen LogP contribution < -0.4 is 15.2 Å².